The van der Waals surface area contributed by atoms with Gasteiger partial charge in [-0.2, -0.15) is 17.0 Å². The van der Waals surface area contributed by atoms with E-state index in [1.54, 1.807) is 0 Å². The fraction of sp³-hybridized carbons (Fsp3) is 0.923. The summed E-state index contributed by atoms with van der Waals surface area (Å²) < 4.78 is 28.3. The molecule has 2 aliphatic rings. The highest BCUT2D eigenvalue weighted by atomic mass is 32.2. The second kappa shape index (κ2) is 5.99. The molecule has 0 aromatic rings. The van der Waals surface area contributed by atoms with Gasteiger partial charge in [-0.15, -0.1) is 0 Å². The molecule has 6 nitrogen and oxygen atoms in total. The molecule has 1 heterocycles. The maximum Gasteiger partial charge on any atom is 0.307 e. The summed E-state index contributed by atoms with van der Waals surface area (Å²) in [4.78, 5) is 11.1. The van der Waals surface area contributed by atoms with Crippen LogP contribution in [0.4, 0.5) is 0 Å². The number of carboxylic acid groups (broad SMARTS) is 1. The van der Waals surface area contributed by atoms with Gasteiger partial charge in [0.15, 0.2) is 0 Å². The van der Waals surface area contributed by atoms with E-state index in [9.17, 15) is 13.2 Å². The Kier molecular flexibility index (Phi) is 4.71. The lowest BCUT2D eigenvalue weighted by Gasteiger charge is -2.38. The maximum absolute atomic E-state index is 12.7. The summed E-state index contributed by atoms with van der Waals surface area (Å²) in [5.41, 5.74) is 0. The van der Waals surface area contributed by atoms with Crippen molar-refractivity contribution >= 4 is 16.2 Å². The second-order valence-electron chi connectivity index (χ2n) is 5.93. The summed E-state index contributed by atoms with van der Waals surface area (Å²) in [6.45, 7) is 4.81. The molecule has 20 heavy (non-hydrogen) atoms. The lowest BCUT2D eigenvalue weighted by atomic mass is 9.96. The topological polar surface area (TPSA) is 77.9 Å². The number of aliphatic carboxylic acids is 1. The molecule has 2 fully saturated rings. The van der Waals surface area contributed by atoms with E-state index < -0.39 is 22.1 Å². The van der Waals surface area contributed by atoms with Crippen LogP contribution in [-0.4, -0.2) is 53.8 Å². The first kappa shape index (κ1) is 15.7. The van der Waals surface area contributed by atoms with E-state index >= 15 is 0 Å². The third kappa shape index (κ3) is 3.32. The monoisotopic (exact) mass is 304 g/mol. The van der Waals surface area contributed by atoms with Gasteiger partial charge in [0.2, 0.25) is 0 Å². The minimum absolute atomic E-state index is 0.0972. The van der Waals surface area contributed by atoms with E-state index in [1.807, 2.05) is 13.8 Å². The summed E-state index contributed by atoms with van der Waals surface area (Å²) in [6, 6.07) is -0.121. The van der Waals surface area contributed by atoms with Gasteiger partial charge in [-0.3, -0.25) is 4.79 Å². The fourth-order valence-corrected chi connectivity index (χ4v) is 4.67. The summed E-state index contributed by atoms with van der Waals surface area (Å²) >= 11 is 0. The number of carbonyl (C=O) groups is 1. The molecule has 0 bridgehead atoms. The number of carboxylic acids is 1. The normalized spacial score (nSPS) is 28.8. The molecule has 1 saturated heterocycles. The average Bonchev–Trinajstić information content (AvgIpc) is 3.19. The second-order valence-corrected chi connectivity index (χ2v) is 7.81. The smallest absolute Gasteiger partial charge is 0.307 e. The maximum atomic E-state index is 12.7. The molecule has 2 unspecified atom stereocenters. The van der Waals surface area contributed by atoms with Crippen molar-refractivity contribution in [2.45, 2.75) is 45.6 Å². The SMILES string of the molecule is CCN(CC1CC1)S(=O)(=O)N1CC(C(=O)O)CCC1C. The van der Waals surface area contributed by atoms with Crippen LogP contribution in [0.15, 0.2) is 0 Å². The Morgan fingerprint density at radius 2 is 1.95 bits per heavy atom. The molecular weight excluding hydrogens is 280 g/mol. The van der Waals surface area contributed by atoms with E-state index in [0.29, 0.717) is 31.8 Å². The van der Waals surface area contributed by atoms with Gasteiger partial charge in [0.05, 0.1) is 5.92 Å². The van der Waals surface area contributed by atoms with Gasteiger partial charge in [0, 0.05) is 25.7 Å². The molecule has 1 aliphatic carbocycles. The lowest BCUT2D eigenvalue weighted by molar-refractivity contribution is -0.143. The predicted molar refractivity (Wildman–Crippen MR) is 75.4 cm³/mol. The van der Waals surface area contributed by atoms with Crippen LogP contribution in [-0.2, 0) is 15.0 Å². The Hall–Kier alpha value is -0.660. The van der Waals surface area contributed by atoms with Crippen molar-refractivity contribution in [3.8, 4) is 0 Å². The summed E-state index contributed by atoms with van der Waals surface area (Å²) in [5.74, 6) is -0.997. The zero-order valence-electron chi connectivity index (χ0n) is 12.2. The summed E-state index contributed by atoms with van der Waals surface area (Å²) in [5, 5.41) is 9.12. The summed E-state index contributed by atoms with van der Waals surface area (Å²) in [7, 11) is -3.54. The Morgan fingerprint density at radius 1 is 1.30 bits per heavy atom. The van der Waals surface area contributed by atoms with E-state index in [1.165, 1.54) is 8.61 Å². The molecule has 2 rings (SSSR count). The highest BCUT2D eigenvalue weighted by Crippen LogP contribution is 2.32. The van der Waals surface area contributed by atoms with Crippen LogP contribution in [0.3, 0.4) is 0 Å². The van der Waals surface area contributed by atoms with Gasteiger partial charge < -0.3 is 5.11 Å². The number of piperidine rings is 1. The van der Waals surface area contributed by atoms with Gasteiger partial charge in [-0.05, 0) is 38.5 Å². The molecule has 1 saturated carbocycles. The van der Waals surface area contributed by atoms with Crippen molar-refractivity contribution in [3.63, 3.8) is 0 Å². The Balaban J connectivity index is 2.14. The van der Waals surface area contributed by atoms with Crippen LogP contribution in [0, 0.1) is 11.8 Å². The van der Waals surface area contributed by atoms with Crippen LogP contribution in [0.5, 0.6) is 0 Å². The van der Waals surface area contributed by atoms with Gasteiger partial charge >= 0.3 is 5.97 Å². The third-order valence-electron chi connectivity index (χ3n) is 4.31. The number of rotatable bonds is 6. The van der Waals surface area contributed by atoms with Crippen LogP contribution < -0.4 is 0 Å². The third-order valence-corrected chi connectivity index (χ3v) is 6.47. The highest BCUT2D eigenvalue weighted by molar-refractivity contribution is 7.86. The first-order valence-electron chi connectivity index (χ1n) is 7.36. The van der Waals surface area contributed by atoms with Gasteiger partial charge in [-0.1, -0.05) is 6.92 Å². The van der Waals surface area contributed by atoms with Crippen molar-refractivity contribution in [2.24, 2.45) is 11.8 Å². The van der Waals surface area contributed by atoms with Gasteiger partial charge in [0.25, 0.3) is 10.2 Å². The molecule has 1 aliphatic heterocycles. The Morgan fingerprint density at radius 3 is 2.45 bits per heavy atom. The molecule has 1 N–H and O–H groups in total. The van der Waals surface area contributed by atoms with Crippen LogP contribution in [0.25, 0.3) is 0 Å². The quantitative estimate of drug-likeness (QED) is 0.798. The summed E-state index contributed by atoms with van der Waals surface area (Å²) in [6.07, 6.45) is 3.35. The predicted octanol–water partition coefficient (Wildman–Crippen LogP) is 1.15. The van der Waals surface area contributed by atoms with E-state index in [2.05, 4.69) is 0 Å². The Bertz CT molecular complexity index is 461. The highest BCUT2D eigenvalue weighted by Gasteiger charge is 2.40. The molecule has 7 heteroatoms. The van der Waals surface area contributed by atoms with Crippen LogP contribution >= 0.6 is 0 Å². The van der Waals surface area contributed by atoms with Crippen molar-refractivity contribution in [2.75, 3.05) is 19.6 Å². The number of hydrogen-bond donors (Lipinski definition) is 1. The zero-order chi connectivity index (χ0) is 14.9. The van der Waals surface area contributed by atoms with Gasteiger partial charge in [0.1, 0.15) is 0 Å². The van der Waals surface area contributed by atoms with Crippen molar-refractivity contribution < 1.29 is 18.3 Å². The first-order chi connectivity index (χ1) is 9.36. The lowest BCUT2D eigenvalue weighted by Crippen LogP contribution is -2.53. The molecule has 0 aromatic carbocycles. The van der Waals surface area contributed by atoms with Crippen LogP contribution in [0.1, 0.15) is 39.5 Å². The minimum atomic E-state index is -3.54. The first-order valence-corrected chi connectivity index (χ1v) is 8.75. The molecule has 0 radical (unpaired) electrons. The molecule has 0 amide bonds. The molecular formula is C13H24N2O4S. The van der Waals surface area contributed by atoms with Crippen molar-refractivity contribution in [3.05, 3.63) is 0 Å². The number of nitrogens with zero attached hydrogens (tertiary/aromatic N) is 2. The van der Waals surface area contributed by atoms with Crippen molar-refractivity contribution in [1.82, 2.24) is 8.61 Å². The molecule has 116 valence electrons. The average molecular weight is 304 g/mol. The minimum Gasteiger partial charge on any atom is -0.481 e. The van der Waals surface area contributed by atoms with E-state index in [4.69, 9.17) is 5.11 Å². The van der Waals surface area contributed by atoms with E-state index in [-0.39, 0.29) is 12.6 Å². The number of hydrogen-bond acceptors (Lipinski definition) is 3. The molecule has 0 aromatic heterocycles. The molecule has 0 spiro atoms. The molecule has 2 atom stereocenters. The standard InChI is InChI=1S/C13H24N2O4S/c1-3-14(8-11-5-6-11)20(18,19)15-9-12(13(16)17)7-4-10(15)2/h10-12H,3-9H2,1-2H3,(H,16,17). The van der Waals surface area contributed by atoms with E-state index in [0.717, 1.165) is 12.8 Å². The Labute approximate surface area is 120 Å². The van der Waals surface area contributed by atoms with Crippen LogP contribution in [0.2, 0.25) is 0 Å². The van der Waals surface area contributed by atoms with Gasteiger partial charge in [-0.25, -0.2) is 0 Å². The van der Waals surface area contributed by atoms with Crippen molar-refractivity contribution in [1.29, 1.82) is 0 Å². The largest absolute Gasteiger partial charge is 0.481 e. The zero-order valence-corrected chi connectivity index (χ0v) is 13.0. The fourth-order valence-electron chi connectivity index (χ4n) is 2.72.